The van der Waals surface area contributed by atoms with E-state index in [2.05, 4.69) is 10.6 Å². The SMILES string of the molecule is Fc1cccc2c1N[CH]N2. The van der Waals surface area contributed by atoms with Crippen molar-refractivity contribution in [2.45, 2.75) is 0 Å². The first-order chi connectivity index (χ1) is 4.88. The van der Waals surface area contributed by atoms with Crippen LogP contribution in [-0.2, 0) is 0 Å². The highest BCUT2D eigenvalue weighted by molar-refractivity contribution is 5.75. The molecule has 0 bridgehead atoms. The van der Waals surface area contributed by atoms with Crippen LogP contribution >= 0.6 is 0 Å². The zero-order valence-electron chi connectivity index (χ0n) is 5.19. The lowest BCUT2D eigenvalue weighted by molar-refractivity contribution is 0.633. The summed E-state index contributed by atoms with van der Waals surface area (Å²) < 4.78 is 12.8. The Labute approximate surface area is 58.1 Å². The van der Waals surface area contributed by atoms with Gasteiger partial charge in [-0.1, -0.05) is 6.07 Å². The Morgan fingerprint density at radius 1 is 1.20 bits per heavy atom. The predicted octanol–water partition coefficient (Wildman–Crippen LogP) is 1.78. The summed E-state index contributed by atoms with van der Waals surface area (Å²) in [5.74, 6) is -0.223. The van der Waals surface area contributed by atoms with Crippen molar-refractivity contribution in [2.24, 2.45) is 0 Å². The number of hydrogen-bond acceptors (Lipinski definition) is 2. The Morgan fingerprint density at radius 3 is 2.90 bits per heavy atom. The first-order valence-corrected chi connectivity index (χ1v) is 3.01. The first kappa shape index (κ1) is 5.53. The van der Waals surface area contributed by atoms with Gasteiger partial charge in [0.05, 0.1) is 11.4 Å². The molecule has 0 aromatic heterocycles. The van der Waals surface area contributed by atoms with Gasteiger partial charge in [0.25, 0.3) is 0 Å². The van der Waals surface area contributed by atoms with Crippen LogP contribution in [0.25, 0.3) is 0 Å². The topological polar surface area (TPSA) is 24.1 Å². The minimum absolute atomic E-state index is 0.223. The molecule has 0 spiro atoms. The Kier molecular flexibility index (Phi) is 1.03. The number of halogens is 1. The van der Waals surface area contributed by atoms with Crippen LogP contribution in [0.3, 0.4) is 0 Å². The van der Waals surface area contributed by atoms with Crippen LogP contribution in [0.5, 0.6) is 0 Å². The van der Waals surface area contributed by atoms with Crippen molar-refractivity contribution in [3.63, 3.8) is 0 Å². The average Bonchev–Trinajstić information content (AvgIpc) is 2.36. The van der Waals surface area contributed by atoms with E-state index in [9.17, 15) is 4.39 Å². The third kappa shape index (κ3) is 0.635. The molecule has 3 heteroatoms. The summed E-state index contributed by atoms with van der Waals surface area (Å²) in [5.41, 5.74) is 1.32. The molecule has 51 valence electrons. The van der Waals surface area contributed by atoms with Gasteiger partial charge in [-0.25, -0.2) is 4.39 Å². The second kappa shape index (κ2) is 1.87. The molecular weight excluding hydrogens is 131 g/mol. The van der Waals surface area contributed by atoms with Crippen LogP contribution in [0.2, 0.25) is 0 Å². The van der Waals surface area contributed by atoms with Gasteiger partial charge in [0, 0.05) is 0 Å². The van der Waals surface area contributed by atoms with Gasteiger partial charge >= 0.3 is 0 Å². The van der Waals surface area contributed by atoms with Gasteiger partial charge in [-0.2, -0.15) is 0 Å². The quantitative estimate of drug-likeness (QED) is 0.569. The van der Waals surface area contributed by atoms with Crippen LogP contribution < -0.4 is 10.6 Å². The van der Waals surface area contributed by atoms with Crippen LogP contribution in [0.4, 0.5) is 15.8 Å². The summed E-state index contributed by atoms with van der Waals surface area (Å²) in [6.07, 6.45) is 0. The fraction of sp³-hybridized carbons (Fsp3) is 0. The van der Waals surface area contributed by atoms with E-state index >= 15 is 0 Å². The number of benzene rings is 1. The molecule has 1 heterocycles. The van der Waals surface area contributed by atoms with Crippen molar-refractivity contribution in [3.8, 4) is 0 Å². The van der Waals surface area contributed by atoms with Crippen molar-refractivity contribution < 1.29 is 4.39 Å². The summed E-state index contributed by atoms with van der Waals surface area (Å²) in [5, 5.41) is 5.62. The van der Waals surface area contributed by atoms with E-state index in [1.807, 2.05) is 6.07 Å². The van der Waals surface area contributed by atoms with Crippen molar-refractivity contribution in [1.82, 2.24) is 0 Å². The maximum Gasteiger partial charge on any atom is 0.148 e. The molecule has 10 heavy (non-hydrogen) atoms. The maximum atomic E-state index is 12.8. The fourth-order valence-electron chi connectivity index (χ4n) is 0.977. The van der Waals surface area contributed by atoms with E-state index in [0.29, 0.717) is 5.69 Å². The zero-order chi connectivity index (χ0) is 6.97. The smallest absolute Gasteiger partial charge is 0.148 e. The number of para-hydroxylation sites is 1. The third-order valence-corrected chi connectivity index (χ3v) is 1.46. The largest absolute Gasteiger partial charge is 0.360 e. The number of rotatable bonds is 0. The molecule has 0 saturated carbocycles. The van der Waals surface area contributed by atoms with Crippen molar-refractivity contribution in [2.75, 3.05) is 10.6 Å². The van der Waals surface area contributed by atoms with Gasteiger partial charge in [-0.3, -0.25) is 0 Å². The monoisotopic (exact) mass is 137 g/mol. The first-order valence-electron chi connectivity index (χ1n) is 3.01. The standard InChI is InChI=1S/C7H6FN2/c8-5-2-1-3-6-7(5)10-4-9-6/h1-4,9-10H. The third-order valence-electron chi connectivity index (χ3n) is 1.46. The van der Waals surface area contributed by atoms with Crippen LogP contribution in [0.15, 0.2) is 18.2 Å². The van der Waals surface area contributed by atoms with Crippen LogP contribution in [0, 0.1) is 12.5 Å². The summed E-state index contributed by atoms with van der Waals surface area (Å²) in [6.45, 7) is 1.60. The van der Waals surface area contributed by atoms with E-state index in [1.54, 1.807) is 12.7 Å². The Hall–Kier alpha value is -1.25. The summed E-state index contributed by atoms with van der Waals surface area (Å²) in [7, 11) is 0. The van der Waals surface area contributed by atoms with Gasteiger partial charge in [0.15, 0.2) is 0 Å². The Balaban J connectivity index is 2.59. The van der Waals surface area contributed by atoms with Crippen molar-refractivity contribution in [3.05, 3.63) is 30.7 Å². The summed E-state index contributed by atoms with van der Waals surface area (Å²) >= 11 is 0. The second-order valence-corrected chi connectivity index (χ2v) is 2.10. The minimum atomic E-state index is -0.223. The Bertz CT molecular complexity index is 260. The lowest BCUT2D eigenvalue weighted by Crippen LogP contribution is -1.90. The normalized spacial score (nSPS) is 13.7. The number of fused-ring (bicyclic) bond motifs is 1. The molecule has 0 atom stereocenters. The molecule has 0 amide bonds. The number of hydrogen-bond donors (Lipinski definition) is 2. The van der Waals surface area contributed by atoms with E-state index in [0.717, 1.165) is 5.69 Å². The maximum absolute atomic E-state index is 12.8. The van der Waals surface area contributed by atoms with Gasteiger partial charge in [-0.15, -0.1) is 0 Å². The molecular formula is C7H6FN2. The van der Waals surface area contributed by atoms with Crippen molar-refractivity contribution >= 4 is 11.4 Å². The molecule has 2 rings (SSSR count). The lowest BCUT2D eigenvalue weighted by atomic mass is 10.3. The number of anilines is 2. The highest BCUT2D eigenvalue weighted by Crippen LogP contribution is 2.29. The molecule has 0 saturated heterocycles. The fourth-order valence-corrected chi connectivity index (χ4v) is 0.977. The highest BCUT2D eigenvalue weighted by Gasteiger charge is 2.12. The molecule has 0 unspecified atom stereocenters. The van der Waals surface area contributed by atoms with E-state index in [4.69, 9.17) is 0 Å². The summed E-state index contributed by atoms with van der Waals surface area (Å²) in [4.78, 5) is 0. The van der Waals surface area contributed by atoms with Gasteiger partial charge in [-0.05, 0) is 12.1 Å². The zero-order valence-corrected chi connectivity index (χ0v) is 5.19. The second-order valence-electron chi connectivity index (χ2n) is 2.10. The van der Waals surface area contributed by atoms with Crippen molar-refractivity contribution in [1.29, 1.82) is 0 Å². The summed E-state index contributed by atoms with van der Waals surface area (Å²) in [6, 6.07) is 4.91. The average molecular weight is 137 g/mol. The van der Waals surface area contributed by atoms with Gasteiger partial charge in [0.2, 0.25) is 0 Å². The molecule has 1 aromatic carbocycles. The van der Waals surface area contributed by atoms with E-state index < -0.39 is 0 Å². The van der Waals surface area contributed by atoms with E-state index in [-0.39, 0.29) is 5.82 Å². The highest BCUT2D eigenvalue weighted by atomic mass is 19.1. The minimum Gasteiger partial charge on any atom is -0.360 e. The molecule has 0 aliphatic carbocycles. The van der Waals surface area contributed by atoms with Crippen LogP contribution in [0.1, 0.15) is 0 Å². The molecule has 2 nitrogen and oxygen atoms in total. The lowest BCUT2D eigenvalue weighted by Gasteiger charge is -1.96. The van der Waals surface area contributed by atoms with E-state index in [1.165, 1.54) is 6.07 Å². The van der Waals surface area contributed by atoms with Crippen LogP contribution in [-0.4, -0.2) is 0 Å². The Morgan fingerprint density at radius 2 is 2.10 bits per heavy atom. The number of nitrogens with one attached hydrogen (secondary N) is 2. The molecule has 1 aliphatic rings. The predicted molar refractivity (Wildman–Crippen MR) is 37.9 cm³/mol. The van der Waals surface area contributed by atoms with Gasteiger partial charge < -0.3 is 10.6 Å². The molecule has 1 aliphatic heterocycles. The molecule has 0 fully saturated rings. The molecule has 1 radical (unpaired) electrons. The molecule has 2 N–H and O–H groups in total. The van der Waals surface area contributed by atoms with Gasteiger partial charge in [0.1, 0.15) is 12.5 Å². The molecule has 1 aromatic rings.